The van der Waals surface area contributed by atoms with E-state index in [-0.39, 0.29) is 11.9 Å². The summed E-state index contributed by atoms with van der Waals surface area (Å²) in [6.45, 7) is 1.99. The number of hydrogen-bond acceptors (Lipinski definition) is 3. The Balaban J connectivity index is 2.44. The molecule has 3 nitrogen and oxygen atoms in total. The Morgan fingerprint density at radius 1 is 1.35 bits per heavy atom. The summed E-state index contributed by atoms with van der Waals surface area (Å²) in [5.41, 5.74) is 2.73. The molecule has 2 rings (SSSR count). The SMILES string of the molecule is CNC(c1cncc(F)c1)c1ncccc1C. The van der Waals surface area contributed by atoms with Crippen molar-refractivity contribution < 1.29 is 4.39 Å². The molecule has 0 amide bonds. The van der Waals surface area contributed by atoms with Gasteiger partial charge in [-0.25, -0.2) is 4.39 Å². The molecule has 2 aromatic heterocycles. The van der Waals surface area contributed by atoms with E-state index in [2.05, 4.69) is 15.3 Å². The molecule has 0 aromatic carbocycles. The third-order valence-corrected chi connectivity index (χ3v) is 2.67. The van der Waals surface area contributed by atoms with Crippen molar-refractivity contribution in [2.45, 2.75) is 13.0 Å². The number of nitrogens with zero attached hydrogens (tertiary/aromatic N) is 2. The van der Waals surface area contributed by atoms with E-state index >= 15 is 0 Å². The van der Waals surface area contributed by atoms with Crippen LogP contribution in [0.15, 0.2) is 36.8 Å². The molecule has 0 aliphatic rings. The van der Waals surface area contributed by atoms with Crippen LogP contribution in [0.3, 0.4) is 0 Å². The van der Waals surface area contributed by atoms with Gasteiger partial charge in [-0.1, -0.05) is 6.07 Å². The molecule has 0 aliphatic heterocycles. The molecule has 0 fully saturated rings. The van der Waals surface area contributed by atoms with Crippen LogP contribution >= 0.6 is 0 Å². The average Bonchev–Trinajstić information content (AvgIpc) is 2.33. The molecule has 2 aromatic rings. The number of pyridine rings is 2. The Hall–Kier alpha value is -1.81. The molecule has 17 heavy (non-hydrogen) atoms. The highest BCUT2D eigenvalue weighted by Gasteiger charge is 2.16. The van der Waals surface area contributed by atoms with Crippen LogP contribution in [0.2, 0.25) is 0 Å². The molecule has 0 saturated carbocycles. The molecule has 4 heteroatoms. The zero-order chi connectivity index (χ0) is 12.3. The Labute approximate surface area is 99.7 Å². The van der Waals surface area contributed by atoms with Crippen molar-refractivity contribution in [3.63, 3.8) is 0 Å². The summed E-state index contributed by atoms with van der Waals surface area (Å²) in [7, 11) is 1.82. The lowest BCUT2D eigenvalue weighted by molar-refractivity contribution is 0.605. The predicted molar refractivity (Wildman–Crippen MR) is 64.1 cm³/mol. The molecule has 0 bridgehead atoms. The number of hydrogen-bond donors (Lipinski definition) is 1. The van der Waals surface area contributed by atoms with E-state index in [1.165, 1.54) is 12.3 Å². The second-order valence-corrected chi connectivity index (χ2v) is 3.86. The highest BCUT2D eigenvalue weighted by Crippen LogP contribution is 2.22. The second-order valence-electron chi connectivity index (χ2n) is 3.86. The van der Waals surface area contributed by atoms with Crippen LogP contribution in [0.25, 0.3) is 0 Å². The van der Waals surface area contributed by atoms with E-state index in [1.807, 2.05) is 26.1 Å². The van der Waals surface area contributed by atoms with Crippen molar-refractivity contribution >= 4 is 0 Å². The number of aryl methyl sites for hydroxylation is 1. The van der Waals surface area contributed by atoms with E-state index in [9.17, 15) is 4.39 Å². The highest BCUT2D eigenvalue weighted by atomic mass is 19.1. The highest BCUT2D eigenvalue weighted by molar-refractivity contribution is 5.30. The van der Waals surface area contributed by atoms with Gasteiger partial charge in [0.25, 0.3) is 0 Å². The maximum absolute atomic E-state index is 13.2. The molecule has 0 spiro atoms. The minimum absolute atomic E-state index is 0.139. The van der Waals surface area contributed by atoms with Gasteiger partial charge in [0.2, 0.25) is 0 Å². The van der Waals surface area contributed by atoms with Crippen molar-refractivity contribution in [1.82, 2.24) is 15.3 Å². The maximum Gasteiger partial charge on any atom is 0.141 e. The molecular formula is C13H14FN3. The van der Waals surface area contributed by atoms with Gasteiger partial charge in [0, 0.05) is 12.4 Å². The van der Waals surface area contributed by atoms with Crippen molar-refractivity contribution in [1.29, 1.82) is 0 Å². The smallest absolute Gasteiger partial charge is 0.141 e. The number of aromatic nitrogens is 2. The van der Waals surface area contributed by atoms with Crippen LogP contribution in [-0.2, 0) is 0 Å². The third-order valence-electron chi connectivity index (χ3n) is 2.67. The minimum atomic E-state index is -0.337. The van der Waals surface area contributed by atoms with Gasteiger partial charge >= 0.3 is 0 Å². The Kier molecular flexibility index (Phi) is 3.44. The molecular weight excluding hydrogens is 217 g/mol. The van der Waals surface area contributed by atoms with Gasteiger partial charge in [-0.3, -0.25) is 9.97 Å². The van der Waals surface area contributed by atoms with Gasteiger partial charge in [-0.2, -0.15) is 0 Å². The molecule has 1 atom stereocenters. The summed E-state index contributed by atoms with van der Waals surface area (Å²) < 4.78 is 13.2. The topological polar surface area (TPSA) is 37.8 Å². The predicted octanol–water partition coefficient (Wildman–Crippen LogP) is 2.23. The Bertz CT molecular complexity index is 514. The normalized spacial score (nSPS) is 12.4. The Morgan fingerprint density at radius 3 is 2.82 bits per heavy atom. The molecule has 0 saturated heterocycles. The van der Waals surface area contributed by atoms with E-state index < -0.39 is 0 Å². The van der Waals surface area contributed by atoms with Crippen LogP contribution in [0.4, 0.5) is 4.39 Å². The van der Waals surface area contributed by atoms with Gasteiger partial charge in [-0.05, 0) is 37.2 Å². The molecule has 1 unspecified atom stereocenters. The lowest BCUT2D eigenvalue weighted by Gasteiger charge is -2.17. The first-order chi connectivity index (χ1) is 8.22. The standard InChI is InChI=1S/C13H14FN3/c1-9-4-3-5-17-12(9)13(15-2)10-6-11(14)8-16-7-10/h3-8,13,15H,1-2H3. The van der Waals surface area contributed by atoms with E-state index in [0.29, 0.717) is 0 Å². The van der Waals surface area contributed by atoms with Crippen LogP contribution in [-0.4, -0.2) is 17.0 Å². The molecule has 0 aliphatic carbocycles. The van der Waals surface area contributed by atoms with Crippen molar-refractivity contribution in [2.24, 2.45) is 0 Å². The van der Waals surface area contributed by atoms with E-state index in [4.69, 9.17) is 0 Å². The average molecular weight is 231 g/mol. The zero-order valence-corrected chi connectivity index (χ0v) is 9.81. The van der Waals surface area contributed by atoms with Crippen LogP contribution in [0.1, 0.15) is 22.9 Å². The van der Waals surface area contributed by atoms with Crippen molar-refractivity contribution in [3.05, 3.63) is 59.4 Å². The molecule has 2 heterocycles. The second kappa shape index (κ2) is 5.01. The summed E-state index contributed by atoms with van der Waals surface area (Å²) in [4.78, 5) is 8.21. The fraction of sp³-hybridized carbons (Fsp3) is 0.231. The molecule has 0 radical (unpaired) electrons. The summed E-state index contributed by atoms with van der Waals surface area (Å²) >= 11 is 0. The summed E-state index contributed by atoms with van der Waals surface area (Å²) in [5.74, 6) is -0.337. The quantitative estimate of drug-likeness (QED) is 0.880. The van der Waals surface area contributed by atoms with Crippen molar-refractivity contribution in [3.8, 4) is 0 Å². The summed E-state index contributed by atoms with van der Waals surface area (Å²) in [6, 6.07) is 5.20. The van der Waals surface area contributed by atoms with Crippen LogP contribution in [0.5, 0.6) is 0 Å². The zero-order valence-electron chi connectivity index (χ0n) is 9.81. The number of rotatable bonds is 3. The monoisotopic (exact) mass is 231 g/mol. The Morgan fingerprint density at radius 2 is 2.18 bits per heavy atom. The van der Waals surface area contributed by atoms with Gasteiger partial charge < -0.3 is 5.32 Å². The first-order valence-corrected chi connectivity index (χ1v) is 5.41. The van der Waals surface area contributed by atoms with Gasteiger partial charge in [0.15, 0.2) is 0 Å². The minimum Gasteiger partial charge on any atom is -0.308 e. The fourth-order valence-corrected chi connectivity index (χ4v) is 1.85. The molecule has 88 valence electrons. The lowest BCUT2D eigenvalue weighted by atomic mass is 10.0. The summed E-state index contributed by atoms with van der Waals surface area (Å²) in [5, 5.41) is 3.13. The van der Waals surface area contributed by atoms with Crippen LogP contribution < -0.4 is 5.32 Å². The van der Waals surface area contributed by atoms with Gasteiger partial charge in [0.05, 0.1) is 17.9 Å². The molecule has 1 N–H and O–H groups in total. The maximum atomic E-state index is 13.2. The number of halogens is 1. The van der Waals surface area contributed by atoms with Crippen LogP contribution in [0, 0.1) is 12.7 Å². The van der Waals surface area contributed by atoms with Gasteiger partial charge in [-0.15, -0.1) is 0 Å². The number of nitrogens with one attached hydrogen (secondary N) is 1. The third kappa shape index (κ3) is 2.47. The van der Waals surface area contributed by atoms with E-state index in [1.54, 1.807) is 12.4 Å². The summed E-state index contributed by atoms with van der Waals surface area (Å²) in [6.07, 6.45) is 4.58. The lowest BCUT2D eigenvalue weighted by Crippen LogP contribution is -2.20. The first-order valence-electron chi connectivity index (χ1n) is 5.41. The first kappa shape index (κ1) is 11.7. The van der Waals surface area contributed by atoms with Crippen molar-refractivity contribution in [2.75, 3.05) is 7.05 Å². The largest absolute Gasteiger partial charge is 0.308 e. The van der Waals surface area contributed by atoms with Gasteiger partial charge in [0.1, 0.15) is 5.82 Å². The fourth-order valence-electron chi connectivity index (χ4n) is 1.85. The van der Waals surface area contributed by atoms with E-state index in [0.717, 1.165) is 16.8 Å².